The summed E-state index contributed by atoms with van der Waals surface area (Å²) >= 11 is 6.15. The van der Waals surface area contributed by atoms with Gasteiger partial charge in [0.15, 0.2) is 0 Å². The van der Waals surface area contributed by atoms with Crippen molar-refractivity contribution in [2.24, 2.45) is 0 Å². The molecule has 0 amide bonds. The van der Waals surface area contributed by atoms with Crippen LogP contribution in [0.15, 0.2) is 60.7 Å². The lowest BCUT2D eigenvalue weighted by molar-refractivity contribution is -0.151. The second kappa shape index (κ2) is 12.0. The fourth-order valence-electron chi connectivity index (χ4n) is 3.01. The van der Waals surface area contributed by atoms with E-state index in [1.54, 1.807) is 24.3 Å². The fourth-order valence-corrected chi connectivity index (χ4v) is 4.62. The number of halogens is 1. The number of nitrogens with one attached hydrogen (secondary N) is 1. The first-order chi connectivity index (χ1) is 13.9. The molecule has 0 fully saturated rings. The zero-order valence-electron chi connectivity index (χ0n) is 16.9. The minimum Gasteiger partial charge on any atom is -0.461 e. The van der Waals surface area contributed by atoms with Gasteiger partial charge in [0.1, 0.15) is 17.9 Å². The molecule has 0 spiro atoms. The molecule has 0 radical (unpaired) electrons. The zero-order chi connectivity index (χ0) is 21.1. The Labute approximate surface area is 178 Å². The third-order valence-electron chi connectivity index (χ3n) is 4.35. The van der Waals surface area contributed by atoms with Crippen molar-refractivity contribution in [2.45, 2.75) is 58.1 Å². The van der Waals surface area contributed by atoms with E-state index in [0.717, 1.165) is 31.2 Å². The van der Waals surface area contributed by atoms with Crippen LogP contribution in [0.2, 0.25) is 0 Å². The maximum Gasteiger partial charge on any atom is 0.409 e. The van der Waals surface area contributed by atoms with Crippen molar-refractivity contribution in [2.75, 3.05) is 0 Å². The summed E-state index contributed by atoms with van der Waals surface area (Å²) in [6, 6.07) is 17.2. The molecule has 0 heterocycles. The van der Waals surface area contributed by atoms with Gasteiger partial charge in [0.25, 0.3) is 0 Å². The molecular weight excluding hydrogens is 409 g/mol. The molecule has 0 aliphatic heterocycles. The number of esters is 1. The van der Waals surface area contributed by atoms with Gasteiger partial charge in [0.05, 0.1) is 0 Å². The average Bonchev–Trinajstić information content (AvgIpc) is 2.69. The Bertz CT molecular complexity index is 782. The van der Waals surface area contributed by atoms with Gasteiger partial charge in [-0.1, -0.05) is 75.2 Å². The number of ether oxygens (including phenoxy) is 1. The van der Waals surface area contributed by atoms with Crippen LogP contribution in [-0.4, -0.2) is 18.1 Å². The summed E-state index contributed by atoms with van der Waals surface area (Å²) in [5.41, 5.74) is 0.904. The van der Waals surface area contributed by atoms with Crippen LogP contribution in [0.1, 0.15) is 45.1 Å². The molecule has 0 bridgehead atoms. The number of rotatable bonds is 12. The Morgan fingerprint density at radius 2 is 1.55 bits per heavy atom. The number of carbonyl (C=O) groups excluding carboxylic acids is 1. The van der Waals surface area contributed by atoms with Crippen LogP contribution in [0.4, 0.5) is 0 Å². The maximum absolute atomic E-state index is 12.9. The van der Waals surface area contributed by atoms with Gasteiger partial charge in [-0.2, -0.15) is 0 Å². The highest BCUT2D eigenvalue weighted by atomic mass is 35.7. The summed E-state index contributed by atoms with van der Waals surface area (Å²) in [4.78, 5) is 12.9. The molecule has 0 saturated heterocycles. The van der Waals surface area contributed by atoms with E-state index in [1.165, 1.54) is 0 Å². The van der Waals surface area contributed by atoms with Crippen molar-refractivity contribution in [1.29, 1.82) is 0 Å². The number of benzene rings is 2. The Kier molecular flexibility index (Phi) is 9.72. The first-order valence-electron chi connectivity index (χ1n) is 10.00. The van der Waals surface area contributed by atoms with Gasteiger partial charge in [-0.15, -0.1) is 0 Å². The summed E-state index contributed by atoms with van der Waals surface area (Å²) in [5.74, 6) is -0.113. The Balaban J connectivity index is 2.15. The highest BCUT2D eigenvalue weighted by Gasteiger charge is 2.32. The Hall–Kier alpha value is -1.81. The van der Waals surface area contributed by atoms with Gasteiger partial charge in [-0.05, 0) is 37.0 Å². The topological polar surface area (TPSA) is 64.6 Å². The predicted molar refractivity (Wildman–Crippen MR) is 117 cm³/mol. The molecule has 0 aliphatic rings. The normalized spacial score (nSPS) is 14.2. The van der Waals surface area contributed by atoms with E-state index < -0.39 is 18.9 Å². The molecule has 158 valence electrons. The van der Waals surface area contributed by atoms with Crippen molar-refractivity contribution in [1.82, 2.24) is 5.09 Å². The lowest BCUT2D eigenvalue weighted by atomic mass is 10.1. The first-order valence-corrected chi connectivity index (χ1v) is 12.5. The van der Waals surface area contributed by atoms with E-state index in [2.05, 4.69) is 18.9 Å². The van der Waals surface area contributed by atoms with Crippen molar-refractivity contribution in [3.8, 4) is 5.75 Å². The summed E-state index contributed by atoms with van der Waals surface area (Å²) in [7, 11) is 0. The van der Waals surface area contributed by atoms with Crippen LogP contribution < -0.4 is 9.61 Å². The number of carbonyl (C=O) groups is 1. The van der Waals surface area contributed by atoms with E-state index in [4.69, 9.17) is 20.5 Å². The molecule has 7 heteroatoms. The average molecular weight is 438 g/mol. The van der Waals surface area contributed by atoms with Crippen LogP contribution >= 0.6 is 18.1 Å². The second-order valence-corrected chi connectivity index (χ2v) is 9.63. The third-order valence-corrected chi connectivity index (χ3v) is 5.91. The summed E-state index contributed by atoms with van der Waals surface area (Å²) in [5, 5.41) is 2.70. The molecule has 5 nitrogen and oxygen atoms in total. The summed E-state index contributed by atoms with van der Waals surface area (Å²) < 4.78 is 24.0. The monoisotopic (exact) mass is 437 g/mol. The van der Waals surface area contributed by atoms with Crippen LogP contribution in [0, 0.1) is 0 Å². The van der Waals surface area contributed by atoms with Crippen molar-refractivity contribution in [3.63, 3.8) is 0 Å². The molecule has 0 aliphatic carbocycles. The molecule has 29 heavy (non-hydrogen) atoms. The SMILES string of the molecule is CCCC(CCC)OC(=O)[C@H](Cc1ccccc1)NP(=O)(Cl)Oc1ccccc1. The van der Waals surface area contributed by atoms with Gasteiger partial charge in [0, 0.05) is 11.2 Å². The highest BCUT2D eigenvalue weighted by Crippen LogP contribution is 2.48. The largest absolute Gasteiger partial charge is 0.461 e. The minimum absolute atomic E-state index is 0.165. The molecule has 0 saturated carbocycles. The van der Waals surface area contributed by atoms with E-state index >= 15 is 0 Å². The number of hydrogen-bond donors (Lipinski definition) is 1. The van der Waals surface area contributed by atoms with Crippen LogP contribution in [0.25, 0.3) is 0 Å². The smallest absolute Gasteiger partial charge is 0.409 e. The molecule has 2 aromatic carbocycles. The van der Waals surface area contributed by atoms with E-state index in [-0.39, 0.29) is 6.10 Å². The van der Waals surface area contributed by atoms with E-state index in [9.17, 15) is 9.36 Å². The molecule has 1 N–H and O–H groups in total. The first kappa shape index (κ1) is 23.5. The standard InChI is InChI=1S/C22H29ClNO4P/c1-3-11-19(12-4-2)27-22(25)21(17-18-13-7-5-8-14-18)24-29(23,26)28-20-15-9-6-10-16-20/h5-10,13-16,19,21H,3-4,11-12,17H2,1-2H3,(H,24,26)/t21-,29?/m0/s1. The lowest BCUT2D eigenvalue weighted by Gasteiger charge is -2.24. The molecular formula is C22H29ClNO4P. The molecule has 2 rings (SSSR count). The van der Waals surface area contributed by atoms with Gasteiger partial charge >= 0.3 is 12.8 Å². The minimum atomic E-state index is -3.81. The third kappa shape index (κ3) is 8.61. The van der Waals surface area contributed by atoms with Gasteiger partial charge < -0.3 is 9.26 Å². The van der Waals surface area contributed by atoms with Crippen LogP contribution in [0.5, 0.6) is 5.75 Å². The van der Waals surface area contributed by atoms with Crippen molar-refractivity contribution >= 4 is 24.1 Å². The summed E-state index contributed by atoms with van der Waals surface area (Å²) in [6.45, 7) is 0.291. The maximum atomic E-state index is 12.9. The summed E-state index contributed by atoms with van der Waals surface area (Å²) in [6.07, 6.45) is 3.54. The van der Waals surface area contributed by atoms with E-state index in [0.29, 0.717) is 12.2 Å². The number of para-hydroxylation sites is 1. The highest BCUT2D eigenvalue weighted by molar-refractivity contribution is 7.84. The molecule has 0 aromatic heterocycles. The Morgan fingerprint density at radius 1 is 1.00 bits per heavy atom. The van der Waals surface area contributed by atoms with Crippen LogP contribution in [0.3, 0.4) is 0 Å². The van der Waals surface area contributed by atoms with Crippen LogP contribution in [-0.2, 0) is 20.5 Å². The number of hydrogen-bond acceptors (Lipinski definition) is 4. The lowest BCUT2D eigenvalue weighted by Crippen LogP contribution is -2.39. The van der Waals surface area contributed by atoms with Gasteiger partial charge in [-0.3, -0.25) is 4.79 Å². The van der Waals surface area contributed by atoms with Gasteiger partial charge in [0.2, 0.25) is 0 Å². The fraction of sp³-hybridized carbons (Fsp3) is 0.409. The molecule has 2 aromatic rings. The molecule has 2 atom stereocenters. The van der Waals surface area contributed by atoms with Gasteiger partial charge in [-0.25, -0.2) is 9.65 Å². The quantitative estimate of drug-likeness (QED) is 0.320. The van der Waals surface area contributed by atoms with E-state index in [1.807, 2.05) is 36.4 Å². The molecule has 1 unspecified atom stereocenters. The predicted octanol–water partition coefficient (Wildman–Crippen LogP) is 6.13. The van der Waals surface area contributed by atoms with Crippen molar-refractivity contribution in [3.05, 3.63) is 66.2 Å². The second-order valence-electron chi connectivity index (χ2n) is 6.89. The van der Waals surface area contributed by atoms with Crippen molar-refractivity contribution < 1.29 is 18.6 Å². The Morgan fingerprint density at radius 3 is 2.10 bits per heavy atom. The zero-order valence-corrected chi connectivity index (χ0v) is 18.6.